The van der Waals surface area contributed by atoms with Crippen LogP contribution in [0.4, 0.5) is 4.79 Å². The fraction of sp³-hybridized carbons (Fsp3) is 0.632. The molecule has 2 aliphatic rings. The van der Waals surface area contributed by atoms with Crippen LogP contribution in [0.5, 0.6) is 0 Å². The SMILES string of the molecule is CCN1CCN(C(=O)NCC2(c3ccc([C@H](C)O)s3)CCCC2)C(=O)C1=O. The summed E-state index contributed by atoms with van der Waals surface area (Å²) in [4.78, 5) is 41.4. The zero-order valence-corrected chi connectivity index (χ0v) is 16.7. The van der Waals surface area contributed by atoms with Crippen LogP contribution in [0.15, 0.2) is 12.1 Å². The highest BCUT2D eigenvalue weighted by molar-refractivity contribution is 7.12. The number of likely N-dealkylation sites (N-methyl/N-ethyl adjacent to an activating group) is 1. The van der Waals surface area contributed by atoms with Crippen molar-refractivity contribution in [1.29, 1.82) is 0 Å². The van der Waals surface area contributed by atoms with E-state index in [0.29, 0.717) is 19.6 Å². The van der Waals surface area contributed by atoms with Crippen molar-refractivity contribution < 1.29 is 19.5 Å². The number of aliphatic hydroxyl groups is 1. The maximum atomic E-state index is 12.6. The smallest absolute Gasteiger partial charge is 0.324 e. The van der Waals surface area contributed by atoms with E-state index in [9.17, 15) is 19.5 Å². The third-order valence-electron chi connectivity index (χ3n) is 5.64. The first kappa shape index (κ1) is 19.8. The van der Waals surface area contributed by atoms with Gasteiger partial charge in [-0.1, -0.05) is 12.8 Å². The van der Waals surface area contributed by atoms with E-state index < -0.39 is 23.9 Å². The van der Waals surface area contributed by atoms with Gasteiger partial charge in [-0.2, -0.15) is 0 Å². The van der Waals surface area contributed by atoms with Gasteiger partial charge in [0.05, 0.1) is 6.10 Å². The first-order valence-corrected chi connectivity index (χ1v) is 10.4. The Morgan fingerprint density at radius 3 is 2.56 bits per heavy atom. The van der Waals surface area contributed by atoms with Crippen molar-refractivity contribution in [2.24, 2.45) is 0 Å². The van der Waals surface area contributed by atoms with Crippen LogP contribution in [0.25, 0.3) is 0 Å². The number of hydrogen-bond acceptors (Lipinski definition) is 5. The molecule has 27 heavy (non-hydrogen) atoms. The lowest BCUT2D eigenvalue weighted by atomic mass is 9.84. The van der Waals surface area contributed by atoms with E-state index in [1.54, 1.807) is 18.3 Å². The van der Waals surface area contributed by atoms with Crippen molar-refractivity contribution in [2.75, 3.05) is 26.2 Å². The Kier molecular flexibility index (Phi) is 5.86. The number of aliphatic hydroxyl groups excluding tert-OH is 1. The second kappa shape index (κ2) is 7.98. The van der Waals surface area contributed by atoms with Gasteiger partial charge in [0.1, 0.15) is 0 Å². The molecule has 1 aromatic rings. The second-order valence-electron chi connectivity index (χ2n) is 7.37. The van der Waals surface area contributed by atoms with Gasteiger partial charge in [-0.15, -0.1) is 11.3 Å². The normalized spacial score (nSPS) is 20.9. The number of thiophene rings is 1. The number of carbonyl (C=O) groups is 3. The maximum Gasteiger partial charge on any atom is 0.324 e. The van der Waals surface area contributed by atoms with Crippen molar-refractivity contribution in [3.05, 3.63) is 21.9 Å². The highest BCUT2D eigenvalue weighted by Crippen LogP contribution is 2.44. The number of rotatable bonds is 5. The molecule has 3 rings (SSSR count). The van der Waals surface area contributed by atoms with E-state index in [1.165, 1.54) is 4.90 Å². The molecule has 0 spiro atoms. The number of urea groups is 1. The van der Waals surface area contributed by atoms with Crippen molar-refractivity contribution in [2.45, 2.75) is 51.0 Å². The second-order valence-corrected chi connectivity index (χ2v) is 8.48. The molecule has 7 nitrogen and oxygen atoms in total. The van der Waals surface area contributed by atoms with Gasteiger partial charge < -0.3 is 15.3 Å². The van der Waals surface area contributed by atoms with E-state index in [-0.39, 0.29) is 12.0 Å². The predicted molar refractivity (Wildman–Crippen MR) is 102 cm³/mol. The molecule has 1 aliphatic carbocycles. The Bertz CT molecular complexity index is 724. The average molecular weight is 394 g/mol. The van der Waals surface area contributed by atoms with Crippen LogP contribution < -0.4 is 5.32 Å². The molecule has 8 heteroatoms. The van der Waals surface area contributed by atoms with Gasteiger partial charge in [0.15, 0.2) is 0 Å². The minimum Gasteiger partial charge on any atom is -0.388 e. The third-order valence-corrected chi connectivity index (χ3v) is 7.14. The molecular formula is C19H27N3O4S. The minimum atomic E-state index is -0.756. The first-order valence-electron chi connectivity index (χ1n) is 9.55. The van der Waals surface area contributed by atoms with E-state index in [1.807, 2.05) is 19.1 Å². The van der Waals surface area contributed by atoms with Gasteiger partial charge in [0.2, 0.25) is 0 Å². The molecule has 2 heterocycles. The molecule has 1 saturated heterocycles. The lowest BCUT2D eigenvalue weighted by Gasteiger charge is -2.33. The number of nitrogens with zero attached hydrogens (tertiary/aromatic N) is 2. The lowest BCUT2D eigenvalue weighted by molar-refractivity contribution is -0.153. The molecule has 0 bridgehead atoms. The standard InChI is InChI=1S/C19H27N3O4S/c1-3-21-10-11-22(17(25)16(21)24)18(26)20-12-19(8-4-5-9-19)15-7-6-14(27-15)13(2)23/h6-7,13,23H,3-5,8-12H2,1-2H3,(H,20,26)/t13-/m0/s1. The zero-order valence-electron chi connectivity index (χ0n) is 15.9. The number of amides is 4. The molecule has 0 aromatic carbocycles. The summed E-state index contributed by atoms with van der Waals surface area (Å²) >= 11 is 1.59. The average Bonchev–Trinajstić information content (AvgIpc) is 3.32. The maximum absolute atomic E-state index is 12.6. The number of hydrogen-bond donors (Lipinski definition) is 2. The molecule has 1 saturated carbocycles. The van der Waals surface area contributed by atoms with Crippen LogP contribution in [-0.4, -0.2) is 58.9 Å². The van der Waals surface area contributed by atoms with E-state index in [2.05, 4.69) is 5.32 Å². The lowest BCUT2D eigenvalue weighted by Crippen LogP contribution is -2.58. The van der Waals surface area contributed by atoms with Crippen molar-refractivity contribution in [3.8, 4) is 0 Å². The largest absolute Gasteiger partial charge is 0.388 e. The molecule has 1 aromatic heterocycles. The summed E-state index contributed by atoms with van der Waals surface area (Å²) in [5.41, 5.74) is -0.161. The van der Waals surface area contributed by atoms with Crippen LogP contribution >= 0.6 is 11.3 Å². The Morgan fingerprint density at radius 1 is 1.26 bits per heavy atom. The summed E-state index contributed by atoms with van der Waals surface area (Å²) in [6, 6.07) is 3.49. The fourth-order valence-electron chi connectivity index (χ4n) is 3.93. The van der Waals surface area contributed by atoms with Crippen LogP contribution in [-0.2, 0) is 15.0 Å². The number of imide groups is 1. The summed E-state index contributed by atoms with van der Waals surface area (Å²) in [5, 5.41) is 12.7. The summed E-state index contributed by atoms with van der Waals surface area (Å²) in [5.74, 6) is -1.37. The van der Waals surface area contributed by atoms with Crippen molar-refractivity contribution in [1.82, 2.24) is 15.1 Å². The third kappa shape index (κ3) is 3.87. The molecule has 0 unspecified atom stereocenters. The van der Waals surface area contributed by atoms with Gasteiger partial charge in [0.25, 0.3) is 0 Å². The van der Waals surface area contributed by atoms with Crippen LogP contribution in [0, 0.1) is 0 Å². The summed E-state index contributed by atoms with van der Waals surface area (Å²) < 4.78 is 0. The molecule has 148 valence electrons. The molecule has 0 radical (unpaired) electrons. The molecule has 4 amide bonds. The number of nitrogens with one attached hydrogen (secondary N) is 1. The van der Waals surface area contributed by atoms with E-state index in [4.69, 9.17) is 0 Å². The van der Waals surface area contributed by atoms with Gasteiger partial charge in [-0.3, -0.25) is 14.5 Å². The first-order chi connectivity index (χ1) is 12.9. The monoisotopic (exact) mass is 393 g/mol. The number of carbonyl (C=O) groups excluding carboxylic acids is 3. The Morgan fingerprint density at radius 2 is 1.96 bits per heavy atom. The minimum absolute atomic E-state index is 0.161. The number of piperazine rings is 1. The zero-order chi connectivity index (χ0) is 19.6. The van der Waals surface area contributed by atoms with E-state index in [0.717, 1.165) is 40.3 Å². The summed E-state index contributed by atoms with van der Waals surface area (Å²) in [6.07, 6.45) is 3.59. The Balaban J connectivity index is 1.68. The quantitative estimate of drug-likeness (QED) is 0.749. The van der Waals surface area contributed by atoms with Crippen LogP contribution in [0.3, 0.4) is 0 Å². The topological polar surface area (TPSA) is 89.9 Å². The van der Waals surface area contributed by atoms with Gasteiger partial charge in [0, 0.05) is 41.3 Å². The molecule has 1 aliphatic heterocycles. The van der Waals surface area contributed by atoms with Crippen LogP contribution in [0.2, 0.25) is 0 Å². The van der Waals surface area contributed by atoms with Crippen LogP contribution in [0.1, 0.15) is 55.4 Å². The highest BCUT2D eigenvalue weighted by atomic mass is 32.1. The van der Waals surface area contributed by atoms with Gasteiger partial charge >= 0.3 is 17.8 Å². The molecule has 1 atom stereocenters. The Labute approximate surface area is 163 Å². The highest BCUT2D eigenvalue weighted by Gasteiger charge is 2.40. The van der Waals surface area contributed by atoms with Crippen molar-refractivity contribution >= 4 is 29.2 Å². The predicted octanol–water partition coefficient (Wildman–Crippen LogP) is 2.01. The molecule has 2 fully saturated rings. The Hall–Kier alpha value is -1.93. The molecular weight excluding hydrogens is 366 g/mol. The molecule has 2 N–H and O–H groups in total. The van der Waals surface area contributed by atoms with Gasteiger partial charge in [-0.25, -0.2) is 4.79 Å². The van der Waals surface area contributed by atoms with Crippen molar-refractivity contribution in [3.63, 3.8) is 0 Å². The summed E-state index contributed by atoms with van der Waals surface area (Å²) in [6.45, 7) is 5.06. The van der Waals surface area contributed by atoms with Gasteiger partial charge in [-0.05, 0) is 38.8 Å². The summed E-state index contributed by atoms with van der Waals surface area (Å²) in [7, 11) is 0. The van der Waals surface area contributed by atoms with E-state index >= 15 is 0 Å². The fourth-order valence-corrected chi connectivity index (χ4v) is 5.12.